The summed E-state index contributed by atoms with van der Waals surface area (Å²) in [7, 11) is 1.99. The van der Waals surface area contributed by atoms with E-state index in [0.717, 1.165) is 33.0 Å². The predicted octanol–water partition coefficient (Wildman–Crippen LogP) is 5.78. The van der Waals surface area contributed by atoms with Crippen molar-refractivity contribution in [1.82, 2.24) is 23.6 Å². The third kappa shape index (κ3) is 4.21. The van der Waals surface area contributed by atoms with Gasteiger partial charge in [0, 0.05) is 49.1 Å². The summed E-state index contributed by atoms with van der Waals surface area (Å²) in [5.41, 5.74) is 2.87. The number of pyridine rings is 1. The molecule has 1 saturated heterocycles. The van der Waals surface area contributed by atoms with Gasteiger partial charge in [-0.3, -0.25) is 9.48 Å². The van der Waals surface area contributed by atoms with Crippen LogP contribution in [0.1, 0.15) is 32.8 Å². The average molecular weight is 676 g/mol. The maximum absolute atomic E-state index is 14.2. The fourth-order valence-electron chi connectivity index (χ4n) is 6.50. The number of aromatic nitrogens is 4. The summed E-state index contributed by atoms with van der Waals surface area (Å²) in [5, 5.41) is 6.09. The lowest BCUT2D eigenvalue weighted by atomic mass is 9.79. The van der Waals surface area contributed by atoms with Gasteiger partial charge in [-0.2, -0.15) is 5.10 Å². The Bertz CT molecular complexity index is 2030. The van der Waals surface area contributed by atoms with Crippen LogP contribution in [-0.4, -0.2) is 65.6 Å². The Morgan fingerprint density at radius 2 is 1.84 bits per heavy atom. The van der Waals surface area contributed by atoms with E-state index in [-0.39, 0.29) is 12.5 Å². The third-order valence-electron chi connectivity index (χ3n) is 8.49. The number of aryl methyl sites for hydroxylation is 1. The number of carbonyl (C=O) groups excluding carboxylic acids is 2. The second-order valence-electron chi connectivity index (χ2n) is 12.4. The van der Waals surface area contributed by atoms with Crippen molar-refractivity contribution < 1.29 is 18.5 Å². The highest BCUT2D eigenvalue weighted by Crippen LogP contribution is 2.53. The molecule has 0 bridgehead atoms. The SMILES string of the molecule is CN1C(=O)C2(CCN(C(=O)OC(C)(C)C)C2)c2c1cnc1c2c(-c2ccc3c(cnn3C)c2)c(Br)n1S(=O)c1ccccc1. The lowest BCUT2D eigenvalue weighted by Gasteiger charge is -2.26. The van der Waals surface area contributed by atoms with E-state index in [0.29, 0.717) is 33.8 Å². The Kier molecular flexibility index (Phi) is 6.53. The van der Waals surface area contributed by atoms with Gasteiger partial charge in [-0.1, -0.05) is 24.3 Å². The number of anilines is 1. The summed E-state index contributed by atoms with van der Waals surface area (Å²) in [4.78, 5) is 36.1. The molecule has 5 heterocycles. The molecule has 0 N–H and O–H groups in total. The molecule has 10 nitrogen and oxygen atoms in total. The summed E-state index contributed by atoms with van der Waals surface area (Å²) in [6.07, 6.45) is 3.47. The molecular weight excluding hydrogens is 644 g/mol. The maximum Gasteiger partial charge on any atom is 0.410 e. The molecule has 2 atom stereocenters. The minimum Gasteiger partial charge on any atom is -0.444 e. The summed E-state index contributed by atoms with van der Waals surface area (Å²) >= 11 is 3.83. The highest BCUT2D eigenvalue weighted by atomic mass is 79.9. The molecule has 0 radical (unpaired) electrons. The maximum atomic E-state index is 14.2. The van der Waals surface area contributed by atoms with Crippen molar-refractivity contribution in [2.75, 3.05) is 25.0 Å². The number of nitrogens with zero attached hydrogens (tertiary/aromatic N) is 6. The molecule has 7 rings (SSSR count). The van der Waals surface area contributed by atoms with Gasteiger partial charge in [0.2, 0.25) is 5.91 Å². The van der Waals surface area contributed by atoms with Crippen LogP contribution in [0.5, 0.6) is 0 Å². The standard InChI is InChI=1S/C32H31BrN6O4S/c1-31(2,3)43-30(41)38-14-13-32(18-38)26-23(36(4)29(32)40)17-34-28-25(26)24(19-11-12-22-20(15-19)16-35-37(22)5)27(33)39(28)44(42)21-9-7-6-8-10-21/h6-12,15-17H,13-14,18H2,1-5H3. The van der Waals surface area contributed by atoms with Crippen LogP contribution < -0.4 is 4.90 Å². The first kappa shape index (κ1) is 28.7. The molecule has 5 aromatic rings. The first-order chi connectivity index (χ1) is 20.9. The van der Waals surface area contributed by atoms with Gasteiger partial charge in [0.1, 0.15) is 10.2 Å². The summed E-state index contributed by atoms with van der Waals surface area (Å²) in [6, 6.07) is 15.3. The van der Waals surface area contributed by atoms with Crippen LogP contribution in [0.15, 0.2) is 70.4 Å². The number of amides is 2. The number of likely N-dealkylation sites (tertiary alicyclic amines) is 1. The quantitative estimate of drug-likeness (QED) is 0.241. The van der Waals surface area contributed by atoms with Crippen molar-refractivity contribution in [3.05, 3.63) is 71.1 Å². The molecule has 2 unspecified atom stereocenters. The number of hydrogen-bond acceptors (Lipinski definition) is 6. The number of fused-ring (bicyclic) bond motifs is 5. The lowest BCUT2D eigenvalue weighted by molar-refractivity contribution is -0.122. The second-order valence-corrected chi connectivity index (χ2v) is 14.5. The molecule has 1 fully saturated rings. The predicted molar refractivity (Wildman–Crippen MR) is 173 cm³/mol. The molecule has 0 aliphatic carbocycles. The summed E-state index contributed by atoms with van der Waals surface area (Å²) < 4.78 is 24.0. The van der Waals surface area contributed by atoms with Gasteiger partial charge >= 0.3 is 6.09 Å². The van der Waals surface area contributed by atoms with Gasteiger partial charge in [-0.05, 0) is 73.0 Å². The van der Waals surface area contributed by atoms with E-state index in [2.05, 4.69) is 21.0 Å². The van der Waals surface area contributed by atoms with E-state index in [9.17, 15) is 13.8 Å². The zero-order valence-corrected chi connectivity index (χ0v) is 27.4. The van der Waals surface area contributed by atoms with Crippen molar-refractivity contribution in [3.63, 3.8) is 0 Å². The first-order valence-electron chi connectivity index (χ1n) is 14.3. The Hall–Kier alpha value is -4.03. The van der Waals surface area contributed by atoms with Crippen LogP contribution in [0.25, 0.3) is 33.1 Å². The molecule has 2 amide bonds. The molecular formula is C32H31BrN6O4S. The van der Waals surface area contributed by atoms with Gasteiger partial charge in [-0.15, -0.1) is 0 Å². The van der Waals surface area contributed by atoms with Crippen LogP contribution in [0, 0.1) is 0 Å². The molecule has 1 spiro atoms. The number of benzene rings is 2. The van der Waals surface area contributed by atoms with Crippen molar-refractivity contribution in [3.8, 4) is 11.1 Å². The fraction of sp³-hybridized carbons (Fsp3) is 0.312. The van der Waals surface area contributed by atoms with Crippen molar-refractivity contribution in [1.29, 1.82) is 0 Å². The van der Waals surface area contributed by atoms with Gasteiger partial charge in [-0.25, -0.2) is 18.0 Å². The van der Waals surface area contributed by atoms with Crippen LogP contribution >= 0.6 is 15.9 Å². The van der Waals surface area contributed by atoms with E-state index in [4.69, 9.17) is 9.72 Å². The third-order valence-corrected chi connectivity index (χ3v) is 10.8. The summed E-state index contributed by atoms with van der Waals surface area (Å²) in [5.74, 6) is -0.102. The topological polar surface area (TPSA) is 103 Å². The number of ether oxygens (including phenoxy) is 1. The van der Waals surface area contributed by atoms with Crippen LogP contribution in [0.2, 0.25) is 0 Å². The zero-order valence-electron chi connectivity index (χ0n) is 25.0. The van der Waals surface area contributed by atoms with Crippen molar-refractivity contribution in [2.24, 2.45) is 7.05 Å². The lowest BCUT2D eigenvalue weighted by Crippen LogP contribution is -2.43. The number of likely N-dealkylation sites (N-methyl/N-ethyl adjacent to an activating group) is 1. The number of halogens is 1. The van der Waals surface area contributed by atoms with Crippen LogP contribution in [0.3, 0.4) is 0 Å². The van der Waals surface area contributed by atoms with E-state index >= 15 is 0 Å². The van der Waals surface area contributed by atoms with E-state index < -0.39 is 28.1 Å². The number of rotatable bonds is 3. The minimum absolute atomic E-state index is 0.102. The van der Waals surface area contributed by atoms with E-state index in [1.54, 1.807) is 27.0 Å². The molecule has 2 aliphatic rings. The van der Waals surface area contributed by atoms with Crippen LogP contribution in [-0.2, 0) is 33.0 Å². The zero-order chi connectivity index (χ0) is 31.1. The fourth-order valence-corrected chi connectivity index (χ4v) is 8.63. The van der Waals surface area contributed by atoms with Gasteiger partial charge in [0.25, 0.3) is 0 Å². The Morgan fingerprint density at radius 3 is 2.57 bits per heavy atom. The largest absolute Gasteiger partial charge is 0.444 e. The van der Waals surface area contributed by atoms with Gasteiger partial charge < -0.3 is 14.5 Å². The molecule has 3 aromatic heterocycles. The Morgan fingerprint density at radius 1 is 1.09 bits per heavy atom. The molecule has 2 aromatic carbocycles. The van der Waals surface area contributed by atoms with E-state index in [1.165, 1.54) is 0 Å². The minimum atomic E-state index is -1.65. The Balaban J connectivity index is 1.50. The van der Waals surface area contributed by atoms with Crippen molar-refractivity contribution >= 4 is 66.5 Å². The second kappa shape index (κ2) is 10.00. The summed E-state index contributed by atoms with van der Waals surface area (Å²) in [6.45, 7) is 6.02. The monoisotopic (exact) mass is 674 g/mol. The van der Waals surface area contributed by atoms with Gasteiger partial charge in [0.05, 0.1) is 33.9 Å². The number of hydrogen-bond donors (Lipinski definition) is 0. The molecule has 0 saturated carbocycles. The molecule has 2 aliphatic heterocycles. The average Bonchev–Trinajstić information content (AvgIpc) is 3.72. The smallest absolute Gasteiger partial charge is 0.410 e. The van der Waals surface area contributed by atoms with Gasteiger partial charge in [0.15, 0.2) is 16.6 Å². The first-order valence-corrected chi connectivity index (χ1v) is 16.2. The van der Waals surface area contributed by atoms with E-state index in [1.807, 2.05) is 87.2 Å². The highest BCUT2D eigenvalue weighted by molar-refractivity contribution is 9.10. The highest BCUT2D eigenvalue weighted by Gasteiger charge is 2.56. The normalized spacial score (nSPS) is 19.0. The molecule has 44 heavy (non-hydrogen) atoms. The molecule has 226 valence electrons. The number of carbonyl (C=O) groups is 2. The Labute approximate surface area is 265 Å². The van der Waals surface area contributed by atoms with Crippen molar-refractivity contribution in [2.45, 2.75) is 43.1 Å². The molecule has 12 heteroatoms. The van der Waals surface area contributed by atoms with Crippen LogP contribution in [0.4, 0.5) is 10.5 Å².